The lowest BCUT2D eigenvalue weighted by Gasteiger charge is -2.31. The van der Waals surface area contributed by atoms with Gasteiger partial charge in [-0.1, -0.05) is 0 Å². The molecule has 1 aliphatic heterocycles. The lowest BCUT2D eigenvalue weighted by molar-refractivity contribution is 0.0827. The van der Waals surface area contributed by atoms with Crippen LogP contribution in [-0.2, 0) is 10.0 Å². The van der Waals surface area contributed by atoms with Gasteiger partial charge < -0.3 is 10.2 Å². The van der Waals surface area contributed by atoms with Crippen LogP contribution in [0.15, 0.2) is 29.2 Å². The Morgan fingerprint density at radius 2 is 1.91 bits per heavy atom. The van der Waals surface area contributed by atoms with Gasteiger partial charge in [0.15, 0.2) is 0 Å². The van der Waals surface area contributed by atoms with Gasteiger partial charge in [-0.25, -0.2) is 8.42 Å². The van der Waals surface area contributed by atoms with Crippen molar-refractivity contribution in [1.29, 1.82) is 0 Å². The van der Waals surface area contributed by atoms with Crippen molar-refractivity contribution in [1.82, 2.24) is 14.5 Å². The van der Waals surface area contributed by atoms with Crippen LogP contribution in [0.4, 0.5) is 0 Å². The van der Waals surface area contributed by atoms with Gasteiger partial charge in [-0.3, -0.25) is 4.79 Å². The molecule has 0 saturated carbocycles. The quantitative estimate of drug-likeness (QED) is 0.887. The highest BCUT2D eigenvalue weighted by molar-refractivity contribution is 7.89. The zero-order chi connectivity index (χ0) is 16.3. The maximum Gasteiger partial charge on any atom is 0.253 e. The van der Waals surface area contributed by atoms with E-state index < -0.39 is 10.0 Å². The fraction of sp³-hybridized carbons (Fsp3) is 0.533. The molecule has 1 saturated heterocycles. The van der Waals surface area contributed by atoms with E-state index in [-0.39, 0.29) is 16.8 Å². The molecule has 0 aliphatic carbocycles. The van der Waals surface area contributed by atoms with E-state index >= 15 is 0 Å². The Hall–Kier alpha value is -1.44. The predicted molar refractivity (Wildman–Crippen MR) is 85.3 cm³/mol. The monoisotopic (exact) mass is 325 g/mol. The topological polar surface area (TPSA) is 69.7 Å². The van der Waals surface area contributed by atoms with E-state index in [1.54, 1.807) is 26.2 Å². The van der Waals surface area contributed by atoms with Crippen LogP contribution in [0, 0.1) is 0 Å². The minimum absolute atomic E-state index is 0.142. The number of piperidine rings is 1. The molecule has 1 aromatic rings. The Kier molecular flexibility index (Phi) is 5.20. The SMILES string of the molecule is CNC1CCCN(S(=O)(=O)c2ccc(C(=O)N(C)C)cc2)C1. The fourth-order valence-corrected chi connectivity index (χ4v) is 4.10. The van der Waals surface area contributed by atoms with Crippen LogP contribution in [-0.4, -0.2) is 63.8 Å². The Morgan fingerprint density at radius 3 is 2.45 bits per heavy atom. The number of hydrogen-bond acceptors (Lipinski definition) is 4. The number of hydrogen-bond donors (Lipinski definition) is 1. The standard InChI is InChI=1S/C15H23N3O3S/c1-16-13-5-4-10-18(11-13)22(20,21)14-8-6-12(7-9-14)15(19)17(2)3/h6-9,13,16H,4-5,10-11H2,1-3H3. The number of carbonyl (C=O) groups is 1. The van der Waals surface area contributed by atoms with Crippen LogP contribution < -0.4 is 5.32 Å². The molecule has 0 bridgehead atoms. The molecule has 2 rings (SSSR count). The first-order valence-corrected chi connectivity index (χ1v) is 8.79. The molecule has 1 atom stereocenters. The van der Waals surface area contributed by atoms with Gasteiger partial charge in [0, 0.05) is 38.8 Å². The van der Waals surface area contributed by atoms with Crippen molar-refractivity contribution in [3.05, 3.63) is 29.8 Å². The highest BCUT2D eigenvalue weighted by atomic mass is 32.2. The highest BCUT2D eigenvalue weighted by Gasteiger charge is 2.29. The van der Waals surface area contributed by atoms with Crippen molar-refractivity contribution in [3.63, 3.8) is 0 Å². The van der Waals surface area contributed by atoms with Crippen molar-refractivity contribution in [2.24, 2.45) is 0 Å². The third kappa shape index (κ3) is 3.48. The third-order valence-corrected chi connectivity index (χ3v) is 5.82. The molecule has 1 heterocycles. The van der Waals surface area contributed by atoms with Crippen molar-refractivity contribution in [3.8, 4) is 0 Å². The Morgan fingerprint density at radius 1 is 1.27 bits per heavy atom. The zero-order valence-corrected chi connectivity index (χ0v) is 14.1. The lowest BCUT2D eigenvalue weighted by Crippen LogP contribution is -2.46. The van der Waals surface area contributed by atoms with Crippen molar-refractivity contribution in [2.45, 2.75) is 23.8 Å². The summed E-state index contributed by atoms with van der Waals surface area (Å²) in [6.07, 6.45) is 1.83. The van der Waals surface area contributed by atoms with Crippen LogP contribution in [0.2, 0.25) is 0 Å². The highest BCUT2D eigenvalue weighted by Crippen LogP contribution is 2.21. The molecule has 1 N–H and O–H groups in total. The molecule has 1 amide bonds. The Balaban J connectivity index is 2.21. The minimum atomic E-state index is -3.50. The van der Waals surface area contributed by atoms with Gasteiger partial charge in [0.1, 0.15) is 0 Å². The molecule has 122 valence electrons. The van der Waals surface area contributed by atoms with Crippen LogP contribution in [0.25, 0.3) is 0 Å². The lowest BCUT2D eigenvalue weighted by atomic mass is 10.1. The van der Waals surface area contributed by atoms with Crippen LogP contribution in [0.5, 0.6) is 0 Å². The zero-order valence-electron chi connectivity index (χ0n) is 13.2. The molecule has 7 heteroatoms. The van der Waals surface area contributed by atoms with Crippen molar-refractivity contribution < 1.29 is 13.2 Å². The largest absolute Gasteiger partial charge is 0.345 e. The number of carbonyl (C=O) groups excluding carboxylic acids is 1. The Labute approximate surface area is 132 Å². The molecule has 6 nitrogen and oxygen atoms in total. The van der Waals surface area contributed by atoms with Gasteiger partial charge in [0.2, 0.25) is 10.0 Å². The summed E-state index contributed by atoms with van der Waals surface area (Å²) in [5, 5.41) is 3.14. The number of nitrogens with one attached hydrogen (secondary N) is 1. The summed E-state index contributed by atoms with van der Waals surface area (Å²) in [6.45, 7) is 1.02. The Bertz CT molecular complexity index is 626. The van der Waals surface area contributed by atoms with Crippen molar-refractivity contribution >= 4 is 15.9 Å². The van der Waals surface area contributed by atoms with E-state index in [0.717, 1.165) is 12.8 Å². The smallest absolute Gasteiger partial charge is 0.253 e. The molecular weight excluding hydrogens is 302 g/mol. The van der Waals surface area contributed by atoms with Gasteiger partial charge in [0.05, 0.1) is 4.90 Å². The molecule has 0 radical (unpaired) electrons. The van der Waals surface area contributed by atoms with Crippen LogP contribution in [0.1, 0.15) is 23.2 Å². The molecule has 0 spiro atoms. The molecule has 1 aliphatic rings. The number of rotatable bonds is 4. The van der Waals surface area contributed by atoms with Gasteiger partial charge in [-0.15, -0.1) is 0 Å². The number of amides is 1. The summed E-state index contributed by atoms with van der Waals surface area (Å²) in [7, 11) is 1.68. The molecule has 1 fully saturated rings. The molecular formula is C15H23N3O3S. The summed E-state index contributed by atoms with van der Waals surface area (Å²) < 4.78 is 26.8. The van der Waals surface area contributed by atoms with Crippen LogP contribution in [0.3, 0.4) is 0 Å². The number of likely N-dealkylation sites (N-methyl/N-ethyl adjacent to an activating group) is 1. The first-order chi connectivity index (χ1) is 10.4. The molecule has 0 aromatic heterocycles. The number of benzene rings is 1. The summed E-state index contributed by atoms with van der Waals surface area (Å²) >= 11 is 0. The van der Waals surface area contributed by atoms with Gasteiger partial charge >= 0.3 is 0 Å². The minimum Gasteiger partial charge on any atom is -0.345 e. The van der Waals surface area contributed by atoms with E-state index in [1.807, 2.05) is 7.05 Å². The average molecular weight is 325 g/mol. The van der Waals surface area contributed by atoms with E-state index in [9.17, 15) is 13.2 Å². The van der Waals surface area contributed by atoms with E-state index in [0.29, 0.717) is 18.7 Å². The van der Waals surface area contributed by atoms with E-state index in [4.69, 9.17) is 0 Å². The maximum atomic E-state index is 12.7. The van der Waals surface area contributed by atoms with Gasteiger partial charge in [-0.05, 0) is 44.2 Å². The first-order valence-electron chi connectivity index (χ1n) is 7.35. The summed E-state index contributed by atoms with van der Waals surface area (Å²) in [5.74, 6) is -0.142. The summed E-state index contributed by atoms with van der Waals surface area (Å²) in [6, 6.07) is 6.34. The maximum absolute atomic E-state index is 12.7. The normalized spacial score (nSPS) is 19.9. The molecule has 1 unspecified atom stereocenters. The second-order valence-electron chi connectivity index (χ2n) is 5.71. The summed E-state index contributed by atoms with van der Waals surface area (Å²) in [5.41, 5.74) is 0.482. The predicted octanol–water partition coefficient (Wildman–Crippen LogP) is 0.761. The first kappa shape index (κ1) is 16.9. The van der Waals surface area contributed by atoms with Gasteiger partial charge in [0.25, 0.3) is 5.91 Å². The molecule has 22 heavy (non-hydrogen) atoms. The van der Waals surface area contributed by atoms with E-state index in [2.05, 4.69) is 5.32 Å². The number of nitrogens with zero attached hydrogens (tertiary/aromatic N) is 2. The third-order valence-electron chi connectivity index (χ3n) is 3.94. The van der Waals surface area contributed by atoms with Crippen LogP contribution >= 0.6 is 0 Å². The average Bonchev–Trinajstić information content (AvgIpc) is 2.54. The fourth-order valence-electron chi connectivity index (χ4n) is 2.57. The second kappa shape index (κ2) is 6.76. The van der Waals surface area contributed by atoms with Gasteiger partial charge in [-0.2, -0.15) is 4.31 Å². The van der Waals surface area contributed by atoms with E-state index in [1.165, 1.54) is 21.3 Å². The second-order valence-corrected chi connectivity index (χ2v) is 7.65. The molecule has 1 aromatic carbocycles. The number of sulfonamides is 1. The van der Waals surface area contributed by atoms with Crippen molar-refractivity contribution in [2.75, 3.05) is 34.2 Å². The summed E-state index contributed by atoms with van der Waals surface area (Å²) in [4.78, 5) is 13.5.